The number of fused-ring (bicyclic) bond motifs is 1. The molecule has 4 heteroatoms. The summed E-state index contributed by atoms with van der Waals surface area (Å²) in [6.07, 6.45) is 0. The van der Waals surface area contributed by atoms with Crippen LogP contribution in [0.1, 0.15) is 11.9 Å². The van der Waals surface area contributed by atoms with Crippen molar-refractivity contribution in [1.29, 1.82) is 0 Å². The van der Waals surface area contributed by atoms with Gasteiger partial charge in [-0.15, -0.1) is 11.3 Å². The third-order valence-electron chi connectivity index (χ3n) is 1.89. The van der Waals surface area contributed by atoms with E-state index in [1.807, 2.05) is 25.1 Å². The maximum absolute atomic E-state index is 5.53. The van der Waals surface area contributed by atoms with Gasteiger partial charge in [0, 0.05) is 6.54 Å². The summed E-state index contributed by atoms with van der Waals surface area (Å²) in [5.41, 5.74) is 6.53. The minimum atomic E-state index is 0.503. The molecule has 2 N–H and O–H groups in total. The van der Waals surface area contributed by atoms with E-state index in [0.29, 0.717) is 13.2 Å². The molecule has 2 rings (SSSR count). The van der Waals surface area contributed by atoms with E-state index in [4.69, 9.17) is 10.5 Å². The van der Waals surface area contributed by atoms with Crippen LogP contribution in [0.25, 0.3) is 10.2 Å². The Hall–Kier alpha value is -1.13. The van der Waals surface area contributed by atoms with Gasteiger partial charge in [0.2, 0.25) is 0 Å². The van der Waals surface area contributed by atoms with Gasteiger partial charge in [0.1, 0.15) is 10.8 Å². The van der Waals surface area contributed by atoms with Crippen molar-refractivity contribution in [2.24, 2.45) is 5.73 Å². The summed E-state index contributed by atoms with van der Waals surface area (Å²) in [6, 6.07) is 5.91. The summed E-state index contributed by atoms with van der Waals surface area (Å²) in [5, 5.41) is 0.966. The highest BCUT2D eigenvalue weighted by Crippen LogP contribution is 2.26. The van der Waals surface area contributed by atoms with Crippen LogP contribution in [0.4, 0.5) is 0 Å². The zero-order valence-electron chi connectivity index (χ0n) is 7.99. The number of nitrogens with two attached hydrogens (primary N) is 1. The number of hydrogen-bond acceptors (Lipinski definition) is 4. The average molecular weight is 208 g/mol. The van der Waals surface area contributed by atoms with Gasteiger partial charge in [0.25, 0.3) is 0 Å². The van der Waals surface area contributed by atoms with Crippen molar-refractivity contribution < 1.29 is 4.74 Å². The predicted molar refractivity (Wildman–Crippen MR) is 58.7 cm³/mol. The molecule has 0 spiro atoms. The quantitative estimate of drug-likeness (QED) is 0.840. The summed E-state index contributed by atoms with van der Waals surface area (Å²) in [4.78, 5) is 4.37. The summed E-state index contributed by atoms with van der Waals surface area (Å²) in [7, 11) is 0. The van der Waals surface area contributed by atoms with Crippen LogP contribution >= 0.6 is 11.3 Å². The maximum atomic E-state index is 5.53. The number of hydrogen-bond donors (Lipinski definition) is 1. The molecular weight excluding hydrogens is 196 g/mol. The first kappa shape index (κ1) is 9.43. The molecule has 0 bridgehead atoms. The van der Waals surface area contributed by atoms with Gasteiger partial charge in [-0.1, -0.05) is 0 Å². The first-order chi connectivity index (χ1) is 6.83. The summed E-state index contributed by atoms with van der Waals surface area (Å²) in [5.74, 6) is 0.896. The fraction of sp³-hybridized carbons (Fsp3) is 0.300. The number of thiazole rings is 1. The minimum absolute atomic E-state index is 0.503. The van der Waals surface area contributed by atoms with E-state index in [9.17, 15) is 0 Å². The Bertz CT molecular complexity index is 439. The number of nitrogens with zero attached hydrogens (tertiary/aromatic N) is 1. The topological polar surface area (TPSA) is 48.1 Å². The molecular formula is C10H12N2OS. The molecule has 3 nitrogen and oxygen atoms in total. The Morgan fingerprint density at radius 3 is 3.07 bits per heavy atom. The van der Waals surface area contributed by atoms with Crippen LogP contribution in [0.3, 0.4) is 0 Å². The third kappa shape index (κ3) is 1.71. The highest BCUT2D eigenvalue weighted by Gasteiger charge is 2.03. The molecule has 1 aromatic carbocycles. The molecule has 0 radical (unpaired) electrons. The largest absolute Gasteiger partial charge is 0.494 e. The number of rotatable bonds is 3. The molecule has 0 aliphatic heterocycles. The number of aromatic nitrogens is 1. The van der Waals surface area contributed by atoms with Crippen molar-refractivity contribution in [3.05, 3.63) is 23.2 Å². The molecule has 0 aliphatic carbocycles. The van der Waals surface area contributed by atoms with Crippen LogP contribution in [0, 0.1) is 0 Å². The Kier molecular flexibility index (Phi) is 2.65. The van der Waals surface area contributed by atoms with Crippen molar-refractivity contribution in [2.75, 3.05) is 6.61 Å². The Labute approximate surface area is 86.5 Å². The highest BCUT2D eigenvalue weighted by atomic mass is 32.1. The molecule has 0 saturated carbocycles. The molecule has 1 aromatic heterocycles. The second-order valence-corrected chi connectivity index (χ2v) is 3.99. The van der Waals surface area contributed by atoms with E-state index < -0.39 is 0 Å². The third-order valence-corrected chi connectivity index (χ3v) is 2.93. The predicted octanol–water partition coefficient (Wildman–Crippen LogP) is 2.15. The first-order valence-corrected chi connectivity index (χ1v) is 5.37. The number of benzene rings is 1. The van der Waals surface area contributed by atoms with Crippen molar-refractivity contribution in [3.63, 3.8) is 0 Å². The van der Waals surface area contributed by atoms with Crippen molar-refractivity contribution in [1.82, 2.24) is 4.98 Å². The average Bonchev–Trinajstić information content (AvgIpc) is 2.60. The molecule has 0 amide bonds. The van der Waals surface area contributed by atoms with Crippen LogP contribution < -0.4 is 10.5 Å². The molecule has 0 aliphatic rings. The SMILES string of the molecule is CCOc1ccc2nc(CN)sc2c1. The molecule has 1 heterocycles. The normalized spacial score (nSPS) is 10.7. The molecule has 74 valence electrons. The standard InChI is InChI=1S/C10H12N2OS/c1-2-13-7-3-4-8-9(5-7)14-10(6-11)12-8/h3-5H,2,6,11H2,1H3. The first-order valence-electron chi connectivity index (χ1n) is 4.56. The molecule has 14 heavy (non-hydrogen) atoms. The van der Waals surface area contributed by atoms with Crippen molar-refractivity contribution in [2.45, 2.75) is 13.5 Å². The fourth-order valence-electron chi connectivity index (χ4n) is 1.30. The van der Waals surface area contributed by atoms with Gasteiger partial charge in [-0.25, -0.2) is 4.98 Å². The molecule has 0 unspecified atom stereocenters. The van der Waals surface area contributed by atoms with Gasteiger partial charge in [-0.3, -0.25) is 0 Å². The van der Waals surface area contributed by atoms with E-state index in [-0.39, 0.29) is 0 Å². The van der Waals surface area contributed by atoms with Crippen molar-refractivity contribution >= 4 is 21.6 Å². The zero-order valence-corrected chi connectivity index (χ0v) is 8.80. The zero-order chi connectivity index (χ0) is 9.97. The Balaban J connectivity index is 2.43. The van der Waals surface area contributed by atoms with E-state index in [1.54, 1.807) is 11.3 Å². The van der Waals surface area contributed by atoms with E-state index in [2.05, 4.69) is 4.98 Å². The summed E-state index contributed by atoms with van der Waals surface area (Å²) < 4.78 is 6.54. The lowest BCUT2D eigenvalue weighted by atomic mass is 10.3. The van der Waals surface area contributed by atoms with Crippen LogP contribution in [0.5, 0.6) is 5.75 Å². The van der Waals surface area contributed by atoms with Gasteiger partial charge >= 0.3 is 0 Å². The van der Waals surface area contributed by atoms with Gasteiger partial charge in [-0.05, 0) is 25.1 Å². The lowest BCUT2D eigenvalue weighted by Crippen LogP contribution is -1.93. The van der Waals surface area contributed by atoms with Crippen molar-refractivity contribution in [3.8, 4) is 5.75 Å². The lowest BCUT2D eigenvalue weighted by molar-refractivity contribution is 0.341. The second kappa shape index (κ2) is 3.94. The molecule has 0 atom stereocenters. The summed E-state index contributed by atoms with van der Waals surface area (Å²) >= 11 is 1.62. The van der Waals surface area contributed by atoms with Crippen LogP contribution in [0.2, 0.25) is 0 Å². The highest BCUT2D eigenvalue weighted by molar-refractivity contribution is 7.18. The molecule has 0 fully saturated rings. The second-order valence-electron chi connectivity index (χ2n) is 2.87. The molecule has 2 aromatic rings. The minimum Gasteiger partial charge on any atom is -0.494 e. The smallest absolute Gasteiger partial charge is 0.120 e. The van der Waals surface area contributed by atoms with Gasteiger partial charge in [0.05, 0.1) is 16.8 Å². The van der Waals surface area contributed by atoms with Gasteiger partial charge in [0.15, 0.2) is 0 Å². The van der Waals surface area contributed by atoms with Gasteiger partial charge < -0.3 is 10.5 Å². The number of ether oxygens (including phenoxy) is 1. The molecule has 0 saturated heterocycles. The van der Waals surface area contributed by atoms with Crippen LogP contribution in [-0.2, 0) is 6.54 Å². The van der Waals surface area contributed by atoms with E-state index in [1.165, 1.54) is 0 Å². The summed E-state index contributed by atoms with van der Waals surface area (Å²) in [6.45, 7) is 3.17. The lowest BCUT2D eigenvalue weighted by Gasteiger charge is -2.00. The fourth-order valence-corrected chi connectivity index (χ4v) is 2.17. The van der Waals surface area contributed by atoms with E-state index in [0.717, 1.165) is 21.0 Å². The Morgan fingerprint density at radius 1 is 1.50 bits per heavy atom. The maximum Gasteiger partial charge on any atom is 0.120 e. The van der Waals surface area contributed by atoms with Gasteiger partial charge in [-0.2, -0.15) is 0 Å². The monoisotopic (exact) mass is 208 g/mol. The van der Waals surface area contributed by atoms with E-state index >= 15 is 0 Å². The Morgan fingerprint density at radius 2 is 2.36 bits per heavy atom. The van der Waals surface area contributed by atoms with Crippen LogP contribution in [-0.4, -0.2) is 11.6 Å². The van der Waals surface area contributed by atoms with Crippen LogP contribution in [0.15, 0.2) is 18.2 Å².